The highest BCUT2D eigenvalue weighted by Gasteiger charge is 2.10. The average molecular weight is 378 g/mol. The van der Waals surface area contributed by atoms with Crippen LogP contribution in [-0.4, -0.2) is 40.5 Å². The standard InChI is InChI=1S/C24H31N3O/c1-19-10-14-27-18-23(25-24(27)16-19)22-9-8-21(17-20(22)2)28-15-7-13-26-11-5-3-4-6-12-26/h8-10,14,16-18H,3-7,11-13,15H2,1-2H3. The van der Waals surface area contributed by atoms with Crippen molar-refractivity contribution < 1.29 is 4.74 Å². The highest BCUT2D eigenvalue weighted by atomic mass is 16.5. The number of hydrogen-bond donors (Lipinski definition) is 0. The van der Waals surface area contributed by atoms with Gasteiger partial charge in [0, 0.05) is 24.5 Å². The van der Waals surface area contributed by atoms with E-state index in [4.69, 9.17) is 9.72 Å². The first-order valence-corrected chi connectivity index (χ1v) is 10.6. The van der Waals surface area contributed by atoms with Gasteiger partial charge in [0.25, 0.3) is 0 Å². The average Bonchev–Trinajstić information content (AvgIpc) is 2.91. The van der Waals surface area contributed by atoms with Gasteiger partial charge < -0.3 is 14.0 Å². The summed E-state index contributed by atoms with van der Waals surface area (Å²) in [7, 11) is 0. The van der Waals surface area contributed by atoms with Gasteiger partial charge in [0.15, 0.2) is 0 Å². The first-order chi connectivity index (χ1) is 13.7. The predicted molar refractivity (Wildman–Crippen MR) is 115 cm³/mol. The zero-order valence-corrected chi connectivity index (χ0v) is 17.2. The van der Waals surface area contributed by atoms with Gasteiger partial charge in [-0.15, -0.1) is 0 Å². The van der Waals surface area contributed by atoms with E-state index in [9.17, 15) is 0 Å². The smallest absolute Gasteiger partial charge is 0.137 e. The van der Waals surface area contributed by atoms with E-state index in [0.717, 1.165) is 36.7 Å². The third-order valence-electron chi connectivity index (χ3n) is 5.68. The molecule has 3 heterocycles. The molecule has 0 saturated carbocycles. The first kappa shape index (κ1) is 19.0. The van der Waals surface area contributed by atoms with E-state index in [2.05, 4.69) is 65.9 Å². The molecular weight excluding hydrogens is 346 g/mol. The number of benzene rings is 1. The molecule has 4 nitrogen and oxygen atoms in total. The van der Waals surface area contributed by atoms with E-state index in [1.54, 1.807) is 0 Å². The van der Waals surface area contributed by atoms with Crippen molar-refractivity contribution in [1.82, 2.24) is 14.3 Å². The second-order valence-electron chi connectivity index (χ2n) is 8.03. The van der Waals surface area contributed by atoms with Crippen molar-refractivity contribution in [3.05, 3.63) is 53.9 Å². The molecule has 4 rings (SSSR count). The molecule has 0 amide bonds. The zero-order valence-electron chi connectivity index (χ0n) is 17.2. The molecule has 2 aromatic heterocycles. The van der Waals surface area contributed by atoms with Gasteiger partial charge >= 0.3 is 0 Å². The number of aryl methyl sites for hydroxylation is 2. The van der Waals surface area contributed by atoms with Crippen LogP contribution in [0.3, 0.4) is 0 Å². The minimum atomic E-state index is 0.781. The summed E-state index contributed by atoms with van der Waals surface area (Å²) in [6.45, 7) is 8.67. The van der Waals surface area contributed by atoms with Crippen LogP contribution in [0.4, 0.5) is 0 Å². The number of pyridine rings is 1. The molecule has 0 bridgehead atoms. The maximum absolute atomic E-state index is 6.02. The van der Waals surface area contributed by atoms with Gasteiger partial charge in [-0.3, -0.25) is 0 Å². The Balaban J connectivity index is 1.35. The maximum Gasteiger partial charge on any atom is 0.137 e. The molecule has 0 unspecified atom stereocenters. The van der Waals surface area contributed by atoms with Crippen LogP contribution in [0.25, 0.3) is 16.9 Å². The fraction of sp³-hybridized carbons (Fsp3) is 0.458. The number of aromatic nitrogens is 2. The molecule has 0 spiro atoms. The largest absolute Gasteiger partial charge is 0.494 e. The molecule has 148 valence electrons. The second kappa shape index (κ2) is 8.78. The predicted octanol–water partition coefficient (Wildman–Crippen LogP) is 5.26. The summed E-state index contributed by atoms with van der Waals surface area (Å²) in [6, 6.07) is 10.6. The van der Waals surface area contributed by atoms with Crippen molar-refractivity contribution >= 4 is 5.65 Å². The van der Waals surface area contributed by atoms with Gasteiger partial charge in [-0.2, -0.15) is 0 Å². The van der Waals surface area contributed by atoms with Crippen LogP contribution in [0.15, 0.2) is 42.7 Å². The Kier molecular flexibility index (Phi) is 5.96. The summed E-state index contributed by atoms with van der Waals surface area (Å²) in [5, 5.41) is 0. The molecule has 0 atom stereocenters. The van der Waals surface area contributed by atoms with Gasteiger partial charge in [0.2, 0.25) is 0 Å². The van der Waals surface area contributed by atoms with Crippen LogP contribution >= 0.6 is 0 Å². The van der Waals surface area contributed by atoms with E-state index >= 15 is 0 Å². The minimum Gasteiger partial charge on any atom is -0.494 e. The van der Waals surface area contributed by atoms with Gasteiger partial charge in [-0.25, -0.2) is 4.98 Å². The second-order valence-corrected chi connectivity index (χ2v) is 8.03. The number of hydrogen-bond acceptors (Lipinski definition) is 3. The quantitative estimate of drug-likeness (QED) is 0.549. The molecule has 28 heavy (non-hydrogen) atoms. The lowest BCUT2D eigenvalue weighted by Gasteiger charge is -2.19. The third-order valence-corrected chi connectivity index (χ3v) is 5.68. The third kappa shape index (κ3) is 4.56. The van der Waals surface area contributed by atoms with Crippen LogP contribution in [0.5, 0.6) is 5.75 Å². The number of imidazole rings is 1. The Hall–Kier alpha value is -2.33. The van der Waals surface area contributed by atoms with E-state index in [-0.39, 0.29) is 0 Å². The highest BCUT2D eigenvalue weighted by molar-refractivity contribution is 5.67. The van der Waals surface area contributed by atoms with Gasteiger partial charge in [-0.05, 0) is 87.7 Å². The Morgan fingerprint density at radius 3 is 2.61 bits per heavy atom. The number of likely N-dealkylation sites (tertiary alicyclic amines) is 1. The fourth-order valence-electron chi connectivity index (χ4n) is 4.06. The lowest BCUT2D eigenvalue weighted by atomic mass is 10.1. The summed E-state index contributed by atoms with van der Waals surface area (Å²) < 4.78 is 8.10. The number of rotatable bonds is 6. The Morgan fingerprint density at radius 1 is 1.00 bits per heavy atom. The normalized spacial score (nSPS) is 15.6. The van der Waals surface area contributed by atoms with Crippen LogP contribution in [0.1, 0.15) is 43.2 Å². The van der Waals surface area contributed by atoms with E-state index < -0.39 is 0 Å². The van der Waals surface area contributed by atoms with E-state index in [0.29, 0.717) is 0 Å². The van der Waals surface area contributed by atoms with Crippen LogP contribution in [-0.2, 0) is 0 Å². The molecule has 4 heteroatoms. The minimum absolute atomic E-state index is 0.781. The van der Waals surface area contributed by atoms with Crippen molar-refractivity contribution in [2.45, 2.75) is 46.0 Å². The first-order valence-electron chi connectivity index (χ1n) is 10.6. The number of fused-ring (bicyclic) bond motifs is 1. The Morgan fingerprint density at radius 2 is 1.82 bits per heavy atom. The lowest BCUT2D eigenvalue weighted by molar-refractivity contribution is 0.240. The monoisotopic (exact) mass is 377 g/mol. The van der Waals surface area contributed by atoms with Crippen molar-refractivity contribution in [2.24, 2.45) is 0 Å². The summed E-state index contributed by atoms with van der Waals surface area (Å²) in [6.07, 6.45) is 10.7. The van der Waals surface area contributed by atoms with E-state index in [1.165, 1.54) is 55.5 Å². The fourth-order valence-corrected chi connectivity index (χ4v) is 4.06. The summed E-state index contributed by atoms with van der Waals surface area (Å²) in [5.74, 6) is 0.955. The van der Waals surface area contributed by atoms with Crippen LogP contribution < -0.4 is 4.74 Å². The summed E-state index contributed by atoms with van der Waals surface area (Å²) in [4.78, 5) is 7.38. The van der Waals surface area contributed by atoms with Crippen LogP contribution in [0, 0.1) is 13.8 Å². The molecule has 0 N–H and O–H groups in total. The van der Waals surface area contributed by atoms with Gasteiger partial charge in [-0.1, -0.05) is 12.8 Å². The Labute approximate surface area is 168 Å². The number of nitrogens with zero attached hydrogens (tertiary/aromatic N) is 3. The molecule has 1 saturated heterocycles. The van der Waals surface area contributed by atoms with Crippen molar-refractivity contribution in [3.63, 3.8) is 0 Å². The molecule has 0 radical (unpaired) electrons. The summed E-state index contributed by atoms with van der Waals surface area (Å²) >= 11 is 0. The topological polar surface area (TPSA) is 29.8 Å². The highest BCUT2D eigenvalue weighted by Crippen LogP contribution is 2.27. The SMILES string of the molecule is Cc1ccn2cc(-c3ccc(OCCCN4CCCCCC4)cc3C)nc2c1. The van der Waals surface area contributed by atoms with Crippen molar-refractivity contribution in [1.29, 1.82) is 0 Å². The molecule has 1 aromatic carbocycles. The molecule has 0 aliphatic carbocycles. The lowest BCUT2D eigenvalue weighted by Crippen LogP contribution is -2.26. The number of ether oxygens (including phenoxy) is 1. The molecule has 3 aromatic rings. The van der Waals surface area contributed by atoms with Gasteiger partial charge in [0.05, 0.1) is 12.3 Å². The summed E-state index contributed by atoms with van der Waals surface area (Å²) in [5.41, 5.74) is 5.59. The van der Waals surface area contributed by atoms with Crippen molar-refractivity contribution in [2.75, 3.05) is 26.2 Å². The zero-order chi connectivity index (χ0) is 19.3. The maximum atomic E-state index is 6.02. The molecule has 1 fully saturated rings. The van der Waals surface area contributed by atoms with Crippen LogP contribution in [0.2, 0.25) is 0 Å². The van der Waals surface area contributed by atoms with Gasteiger partial charge in [0.1, 0.15) is 11.4 Å². The van der Waals surface area contributed by atoms with Crippen molar-refractivity contribution in [3.8, 4) is 17.0 Å². The molecule has 1 aliphatic heterocycles. The molecule has 1 aliphatic rings. The molecular formula is C24H31N3O. The van der Waals surface area contributed by atoms with E-state index in [1.807, 2.05) is 0 Å². The Bertz CT molecular complexity index is 923.